The number of hydrogen-bond acceptors (Lipinski definition) is 3. The van der Waals surface area contributed by atoms with Gasteiger partial charge in [0.05, 0.1) is 18.9 Å². The van der Waals surface area contributed by atoms with Crippen LogP contribution >= 0.6 is 0 Å². The molecule has 0 fully saturated rings. The molecule has 0 unspecified atom stereocenters. The second-order valence-corrected chi connectivity index (χ2v) is 7.55. The molecule has 1 atom stereocenters. The van der Waals surface area contributed by atoms with Crippen molar-refractivity contribution in [1.82, 2.24) is 5.01 Å². The summed E-state index contributed by atoms with van der Waals surface area (Å²) >= 11 is 0. The molecule has 0 aliphatic carbocycles. The number of hydrogen-bond donors (Lipinski definition) is 0. The summed E-state index contributed by atoms with van der Waals surface area (Å²) in [6, 6.07) is 21.8. The van der Waals surface area contributed by atoms with Crippen molar-refractivity contribution < 1.29 is 14.1 Å². The lowest BCUT2D eigenvalue weighted by Crippen LogP contribution is -2.45. The lowest BCUT2D eigenvalue weighted by atomic mass is 9.98. The maximum atomic E-state index is 13.3. The number of aryl methyl sites for hydroxylation is 1. The van der Waals surface area contributed by atoms with Crippen molar-refractivity contribution in [2.75, 3.05) is 7.11 Å². The van der Waals surface area contributed by atoms with Gasteiger partial charge in [-0.15, -0.1) is 0 Å². The first-order valence-electron chi connectivity index (χ1n) is 10.1. The summed E-state index contributed by atoms with van der Waals surface area (Å²) in [5.41, 5.74) is 5.26. The van der Waals surface area contributed by atoms with E-state index in [1.807, 2.05) is 78.4 Å². The summed E-state index contributed by atoms with van der Waals surface area (Å²) in [6.07, 6.45) is 2.63. The number of rotatable bonds is 5. The number of benzene rings is 2. The Hall–Kier alpha value is -3.47. The minimum atomic E-state index is -0.135. The zero-order valence-corrected chi connectivity index (χ0v) is 17.6. The molecule has 0 saturated heterocycles. The van der Waals surface area contributed by atoms with E-state index in [1.165, 1.54) is 0 Å². The molecule has 2 aromatic carbocycles. The SMILES string of the molecule is COc1ccc([C@@H]2CC(c3ccccc3)=NN2C(=O)C[n+]2cccc(C)c2C)cc1. The van der Waals surface area contributed by atoms with Crippen LogP contribution in [0.1, 0.15) is 34.8 Å². The highest BCUT2D eigenvalue weighted by Gasteiger charge is 2.34. The number of ether oxygens (including phenoxy) is 1. The highest BCUT2D eigenvalue weighted by molar-refractivity contribution is 6.03. The Morgan fingerprint density at radius 3 is 2.50 bits per heavy atom. The van der Waals surface area contributed by atoms with Crippen molar-refractivity contribution in [3.63, 3.8) is 0 Å². The third kappa shape index (κ3) is 3.96. The Morgan fingerprint density at radius 2 is 1.80 bits per heavy atom. The normalized spacial score (nSPS) is 15.8. The van der Waals surface area contributed by atoms with Crippen LogP contribution in [0.2, 0.25) is 0 Å². The van der Waals surface area contributed by atoms with Crippen LogP contribution in [0.4, 0.5) is 0 Å². The zero-order chi connectivity index (χ0) is 21.1. The van der Waals surface area contributed by atoms with Gasteiger partial charge in [-0.1, -0.05) is 42.5 Å². The van der Waals surface area contributed by atoms with Crippen molar-refractivity contribution in [2.45, 2.75) is 32.9 Å². The van der Waals surface area contributed by atoms with E-state index in [-0.39, 0.29) is 18.5 Å². The van der Waals surface area contributed by atoms with Crippen LogP contribution in [0.5, 0.6) is 5.75 Å². The number of carbonyl (C=O) groups excluding carboxylic acids is 1. The molecule has 0 spiro atoms. The van der Waals surface area contributed by atoms with Crippen LogP contribution in [0.3, 0.4) is 0 Å². The first-order chi connectivity index (χ1) is 14.6. The topological polar surface area (TPSA) is 45.8 Å². The van der Waals surface area contributed by atoms with Gasteiger partial charge in [0.25, 0.3) is 0 Å². The summed E-state index contributed by atoms with van der Waals surface area (Å²) in [6.45, 7) is 4.34. The Labute approximate surface area is 177 Å². The molecule has 0 saturated carbocycles. The molecule has 1 aliphatic rings. The number of pyridine rings is 1. The molecule has 1 amide bonds. The lowest BCUT2D eigenvalue weighted by molar-refractivity contribution is -0.691. The minimum absolute atomic E-state index is 0.0274. The molecule has 30 heavy (non-hydrogen) atoms. The average Bonchev–Trinajstić information content (AvgIpc) is 3.23. The molecule has 0 N–H and O–H groups in total. The van der Waals surface area contributed by atoms with Crippen LogP contribution < -0.4 is 9.30 Å². The Morgan fingerprint density at radius 1 is 1.07 bits per heavy atom. The largest absolute Gasteiger partial charge is 0.497 e. The van der Waals surface area contributed by atoms with Crippen LogP contribution in [-0.4, -0.2) is 23.7 Å². The van der Waals surface area contributed by atoms with E-state index in [9.17, 15) is 4.79 Å². The van der Waals surface area contributed by atoms with Crippen molar-refractivity contribution in [3.05, 3.63) is 95.3 Å². The van der Waals surface area contributed by atoms with Gasteiger partial charge in [-0.2, -0.15) is 9.67 Å². The van der Waals surface area contributed by atoms with Crippen molar-refractivity contribution in [2.24, 2.45) is 5.10 Å². The molecular formula is C25H26N3O2+. The summed E-state index contributed by atoms with van der Waals surface area (Å²) < 4.78 is 7.27. The highest BCUT2D eigenvalue weighted by atomic mass is 16.5. The van der Waals surface area contributed by atoms with E-state index in [2.05, 4.69) is 13.0 Å². The molecular weight excluding hydrogens is 374 g/mol. The highest BCUT2D eigenvalue weighted by Crippen LogP contribution is 2.33. The predicted molar refractivity (Wildman–Crippen MR) is 116 cm³/mol. The fraction of sp³-hybridized carbons (Fsp3) is 0.240. The molecule has 0 radical (unpaired) electrons. The van der Waals surface area contributed by atoms with Gasteiger partial charge in [0.1, 0.15) is 5.75 Å². The van der Waals surface area contributed by atoms with E-state index in [1.54, 1.807) is 12.1 Å². The van der Waals surface area contributed by atoms with E-state index in [0.29, 0.717) is 6.42 Å². The number of amides is 1. The molecule has 5 nitrogen and oxygen atoms in total. The summed E-state index contributed by atoms with van der Waals surface area (Å²) in [5, 5.41) is 6.41. The van der Waals surface area contributed by atoms with Gasteiger partial charge in [-0.25, -0.2) is 5.01 Å². The molecule has 4 rings (SSSR count). The molecule has 1 aromatic heterocycles. The molecule has 0 bridgehead atoms. The van der Waals surface area contributed by atoms with E-state index in [4.69, 9.17) is 9.84 Å². The quantitative estimate of drug-likeness (QED) is 0.608. The number of nitrogens with zero attached hydrogens (tertiary/aromatic N) is 3. The maximum Gasteiger partial charge on any atom is 0.309 e. The monoisotopic (exact) mass is 400 g/mol. The van der Waals surface area contributed by atoms with Crippen LogP contribution in [0.25, 0.3) is 0 Å². The maximum absolute atomic E-state index is 13.3. The second kappa shape index (κ2) is 8.49. The summed E-state index contributed by atoms with van der Waals surface area (Å²) in [4.78, 5) is 13.3. The smallest absolute Gasteiger partial charge is 0.309 e. The van der Waals surface area contributed by atoms with Gasteiger partial charge in [0.15, 0.2) is 11.9 Å². The van der Waals surface area contributed by atoms with Crippen LogP contribution in [0.15, 0.2) is 78.0 Å². The van der Waals surface area contributed by atoms with Gasteiger partial charge in [-0.3, -0.25) is 4.79 Å². The van der Waals surface area contributed by atoms with Gasteiger partial charge in [-0.05, 0) is 36.2 Å². The van der Waals surface area contributed by atoms with Gasteiger partial charge in [0.2, 0.25) is 6.54 Å². The van der Waals surface area contributed by atoms with Crippen LogP contribution in [0, 0.1) is 13.8 Å². The zero-order valence-electron chi connectivity index (χ0n) is 17.6. The van der Waals surface area contributed by atoms with Gasteiger partial charge >= 0.3 is 5.91 Å². The molecule has 3 aromatic rings. The standard InChI is InChI=1S/C25H26N3O2/c1-18-8-7-15-27(19(18)2)17-25(29)28-24(21-11-13-22(30-3)14-12-21)16-23(26-28)20-9-5-4-6-10-20/h4-15,24H,16-17H2,1-3H3/q+1/t24-/m0/s1. The fourth-order valence-electron chi connectivity index (χ4n) is 3.77. The van der Waals surface area contributed by atoms with Gasteiger partial charge in [0, 0.05) is 25.0 Å². The predicted octanol–water partition coefficient (Wildman–Crippen LogP) is 3.98. The van der Waals surface area contributed by atoms with Gasteiger partial charge < -0.3 is 4.74 Å². The van der Waals surface area contributed by atoms with E-state index in [0.717, 1.165) is 33.8 Å². The molecule has 152 valence electrons. The number of methoxy groups -OCH3 is 1. The Balaban J connectivity index is 1.66. The summed E-state index contributed by atoms with van der Waals surface area (Å²) in [7, 11) is 1.65. The van der Waals surface area contributed by atoms with Crippen LogP contribution in [-0.2, 0) is 11.3 Å². The Kier molecular flexibility index (Phi) is 5.61. The number of hydrazone groups is 1. The number of carbonyl (C=O) groups is 1. The number of aromatic nitrogens is 1. The van der Waals surface area contributed by atoms with Crippen molar-refractivity contribution >= 4 is 11.6 Å². The van der Waals surface area contributed by atoms with Crippen molar-refractivity contribution in [1.29, 1.82) is 0 Å². The molecule has 5 heteroatoms. The minimum Gasteiger partial charge on any atom is -0.497 e. The Bertz CT molecular complexity index is 1080. The lowest BCUT2D eigenvalue weighted by Gasteiger charge is -2.21. The first-order valence-corrected chi connectivity index (χ1v) is 10.1. The average molecular weight is 401 g/mol. The second-order valence-electron chi connectivity index (χ2n) is 7.55. The van der Waals surface area contributed by atoms with Crippen molar-refractivity contribution in [3.8, 4) is 5.75 Å². The molecule has 1 aliphatic heterocycles. The van der Waals surface area contributed by atoms with E-state index >= 15 is 0 Å². The third-order valence-corrected chi connectivity index (χ3v) is 5.69. The van der Waals surface area contributed by atoms with E-state index < -0.39 is 0 Å². The molecule has 2 heterocycles. The first kappa shape index (κ1) is 19.8. The fourth-order valence-corrected chi connectivity index (χ4v) is 3.77. The summed E-state index contributed by atoms with van der Waals surface area (Å²) in [5.74, 6) is 0.769. The third-order valence-electron chi connectivity index (χ3n) is 5.69.